The van der Waals surface area contributed by atoms with Crippen molar-refractivity contribution in [1.29, 1.82) is 0 Å². The topological polar surface area (TPSA) is 33.7 Å². The van der Waals surface area contributed by atoms with Crippen LogP contribution in [0, 0.1) is 6.92 Å². The van der Waals surface area contributed by atoms with Gasteiger partial charge in [0.05, 0.1) is 12.3 Å². The van der Waals surface area contributed by atoms with Crippen molar-refractivity contribution in [2.75, 3.05) is 0 Å². The Morgan fingerprint density at radius 2 is 1.90 bits per heavy atom. The molecule has 0 amide bonds. The van der Waals surface area contributed by atoms with Gasteiger partial charge in [-0.1, -0.05) is 18.2 Å². The van der Waals surface area contributed by atoms with Crippen molar-refractivity contribution in [2.24, 2.45) is 12.0 Å². The molecule has 1 aliphatic heterocycles. The van der Waals surface area contributed by atoms with Gasteiger partial charge >= 0.3 is 0 Å². The van der Waals surface area contributed by atoms with Gasteiger partial charge in [0.25, 0.3) is 0 Å². The van der Waals surface area contributed by atoms with Gasteiger partial charge in [0, 0.05) is 36.2 Å². The van der Waals surface area contributed by atoms with E-state index in [0.29, 0.717) is 0 Å². The Labute approximate surface area is 183 Å². The predicted octanol–water partition coefficient (Wildman–Crippen LogP) is 6.58. The zero-order valence-electron chi connectivity index (χ0n) is 18.4. The molecule has 2 atom stereocenters. The van der Waals surface area contributed by atoms with Crippen molar-refractivity contribution in [3.63, 3.8) is 0 Å². The van der Waals surface area contributed by atoms with Gasteiger partial charge in [0.1, 0.15) is 11.7 Å². The van der Waals surface area contributed by atoms with Crippen LogP contribution < -0.4 is 0 Å². The largest absolute Gasteiger partial charge is 0.464 e. The average molecular weight is 410 g/mol. The fraction of sp³-hybridized carbons (Fsp3) is 0.222. The van der Waals surface area contributed by atoms with E-state index in [9.17, 15) is 0 Å². The Kier molecular flexibility index (Phi) is 4.78. The summed E-state index contributed by atoms with van der Waals surface area (Å²) in [5.74, 6) is 0. The van der Waals surface area contributed by atoms with E-state index in [-0.39, 0.29) is 12.2 Å². The fourth-order valence-corrected chi connectivity index (χ4v) is 4.57. The molecule has 1 unspecified atom stereocenters. The van der Waals surface area contributed by atoms with Crippen molar-refractivity contribution in [1.82, 2.24) is 9.47 Å². The molecule has 31 heavy (non-hydrogen) atoms. The number of allylic oxidation sites excluding steroid dienone is 1. The van der Waals surface area contributed by atoms with Crippen LogP contribution in [0.2, 0.25) is 0 Å². The highest BCUT2D eigenvalue weighted by Crippen LogP contribution is 2.36. The first-order valence-corrected chi connectivity index (χ1v) is 10.7. The summed E-state index contributed by atoms with van der Waals surface area (Å²) in [5.41, 5.74) is 8.16. The quantitative estimate of drug-likeness (QED) is 0.381. The molecule has 3 heterocycles. The number of fused-ring (bicyclic) bond motifs is 1. The number of hydrogen-bond acceptors (Lipinski definition) is 3. The summed E-state index contributed by atoms with van der Waals surface area (Å²) in [6, 6.07) is 19.7. The predicted molar refractivity (Wildman–Crippen MR) is 128 cm³/mol. The summed E-state index contributed by atoms with van der Waals surface area (Å²) >= 11 is 0. The minimum absolute atomic E-state index is 0.0508. The summed E-state index contributed by atoms with van der Waals surface area (Å²) < 4.78 is 7.81. The van der Waals surface area contributed by atoms with Gasteiger partial charge in [-0.2, -0.15) is 0 Å². The van der Waals surface area contributed by atoms with Crippen LogP contribution in [0.15, 0.2) is 82.5 Å². The number of aryl methyl sites for hydroxylation is 2. The third-order valence-corrected chi connectivity index (χ3v) is 6.30. The van der Waals surface area contributed by atoms with E-state index < -0.39 is 0 Å². The highest BCUT2D eigenvalue weighted by molar-refractivity contribution is 5.90. The molecule has 0 saturated carbocycles. The smallest absolute Gasteiger partial charge is 0.134 e. The van der Waals surface area contributed by atoms with E-state index in [4.69, 9.17) is 9.41 Å². The average Bonchev–Trinajstić information content (AvgIpc) is 3.38. The summed E-state index contributed by atoms with van der Waals surface area (Å²) in [5, 5.41) is 1.16. The van der Waals surface area contributed by atoms with Gasteiger partial charge < -0.3 is 13.9 Å². The molecule has 4 heteroatoms. The fourth-order valence-electron chi connectivity index (χ4n) is 4.57. The molecule has 0 saturated heterocycles. The lowest BCUT2D eigenvalue weighted by molar-refractivity contribution is 0.252. The van der Waals surface area contributed by atoms with Gasteiger partial charge in [-0.05, 0) is 85.5 Å². The first kappa shape index (κ1) is 19.4. The van der Waals surface area contributed by atoms with Crippen LogP contribution in [0.4, 0.5) is 0 Å². The molecular weight excluding hydrogens is 382 g/mol. The van der Waals surface area contributed by atoms with E-state index in [0.717, 1.165) is 16.5 Å². The van der Waals surface area contributed by atoms with Gasteiger partial charge in [-0.3, -0.25) is 4.99 Å². The lowest BCUT2D eigenvalue weighted by atomic mass is 9.98. The van der Waals surface area contributed by atoms with Crippen molar-refractivity contribution in [2.45, 2.75) is 33.0 Å². The minimum atomic E-state index is 0.0508. The lowest BCUT2D eigenvalue weighted by Crippen LogP contribution is -2.34. The number of furan rings is 1. The summed E-state index contributed by atoms with van der Waals surface area (Å²) in [7, 11) is 2.09. The van der Waals surface area contributed by atoms with Crippen LogP contribution in [0.1, 0.15) is 36.6 Å². The second kappa shape index (κ2) is 7.62. The summed E-state index contributed by atoms with van der Waals surface area (Å²) in [6.45, 7) is 6.50. The molecule has 1 aliphatic rings. The Morgan fingerprint density at radius 1 is 1.03 bits per heavy atom. The Balaban J connectivity index is 1.54. The molecule has 2 aromatic heterocycles. The molecule has 2 aromatic carbocycles. The Hall–Kier alpha value is -3.53. The standard InChI is InChI=1S/C27H27N3O/c1-18-17-31-27-11-10-23(16-24(18)27)26-12-13-28-20(3)30(26)19(2)21-7-5-8-22(15-21)25-9-6-14-29(25)4/h5-17,19-20H,1-4H3/t19-,20?/m0/s1. The second-order valence-electron chi connectivity index (χ2n) is 8.32. The normalized spacial score (nSPS) is 17.2. The third kappa shape index (κ3) is 3.38. The first-order chi connectivity index (χ1) is 15.0. The zero-order valence-corrected chi connectivity index (χ0v) is 18.4. The lowest BCUT2D eigenvalue weighted by Gasteiger charge is -2.38. The monoisotopic (exact) mass is 409 g/mol. The number of aliphatic imine (C=N–C) groups is 1. The molecule has 0 N–H and O–H groups in total. The van der Waals surface area contributed by atoms with Gasteiger partial charge in [0.15, 0.2) is 0 Å². The highest BCUT2D eigenvalue weighted by Gasteiger charge is 2.26. The molecule has 156 valence electrons. The third-order valence-electron chi connectivity index (χ3n) is 6.30. The van der Waals surface area contributed by atoms with Crippen LogP contribution in [0.5, 0.6) is 0 Å². The summed E-state index contributed by atoms with van der Waals surface area (Å²) in [4.78, 5) is 7.10. The van der Waals surface area contributed by atoms with Crippen LogP contribution in [-0.2, 0) is 7.05 Å². The number of rotatable bonds is 4. The van der Waals surface area contributed by atoms with Crippen molar-refractivity contribution < 1.29 is 4.42 Å². The Bertz CT molecular complexity index is 1310. The van der Waals surface area contributed by atoms with Gasteiger partial charge in [-0.15, -0.1) is 0 Å². The van der Waals surface area contributed by atoms with E-state index in [1.807, 2.05) is 12.5 Å². The maximum absolute atomic E-state index is 5.65. The first-order valence-electron chi connectivity index (χ1n) is 10.7. The molecule has 5 rings (SSSR count). The van der Waals surface area contributed by atoms with Crippen molar-refractivity contribution in [3.05, 3.63) is 89.8 Å². The number of hydrogen-bond donors (Lipinski definition) is 0. The highest BCUT2D eigenvalue weighted by atomic mass is 16.3. The maximum Gasteiger partial charge on any atom is 0.134 e. The van der Waals surface area contributed by atoms with E-state index in [1.165, 1.54) is 28.1 Å². The minimum Gasteiger partial charge on any atom is -0.464 e. The summed E-state index contributed by atoms with van der Waals surface area (Å²) in [6.07, 6.45) is 8.00. The molecule has 0 bridgehead atoms. The molecule has 0 fully saturated rings. The number of aromatic nitrogens is 1. The molecule has 4 nitrogen and oxygen atoms in total. The van der Waals surface area contributed by atoms with Crippen molar-refractivity contribution >= 4 is 22.9 Å². The van der Waals surface area contributed by atoms with Crippen molar-refractivity contribution in [3.8, 4) is 11.3 Å². The van der Waals surface area contributed by atoms with E-state index >= 15 is 0 Å². The molecular formula is C27H27N3O. The maximum atomic E-state index is 5.65. The number of nitrogens with zero attached hydrogens (tertiary/aromatic N) is 3. The Morgan fingerprint density at radius 3 is 2.71 bits per heavy atom. The molecule has 4 aromatic rings. The zero-order chi connectivity index (χ0) is 21.5. The van der Waals surface area contributed by atoms with Crippen LogP contribution in [0.3, 0.4) is 0 Å². The second-order valence-corrected chi connectivity index (χ2v) is 8.32. The van der Waals surface area contributed by atoms with E-state index in [1.54, 1.807) is 0 Å². The molecule has 0 aliphatic carbocycles. The van der Waals surface area contributed by atoms with Crippen LogP contribution >= 0.6 is 0 Å². The molecule has 0 spiro atoms. The van der Waals surface area contributed by atoms with Crippen LogP contribution in [0.25, 0.3) is 27.9 Å². The molecule has 0 radical (unpaired) electrons. The van der Waals surface area contributed by atoms with Crippen LogP contribution in [-0.4, -0.2) is 21.8 Å². The van der Waals surface area contributed by atoms with Gasteiger partial charge in [-0.25, -0.2) is 0 Å². The SMILES string of the molecule is Cc1coc2ccc(C3=CC=NC(C)N3[C@@H](C)c3cccc(-c4cccn4C)c3)cc12. The van der Waals surface area contributed by atoms with E-state index in [2.05, 4.69) is 104 Å². The van der Waals surface area contributed by atoms with Gasteiger partial charge in [0.2, 0.25) is 0 Å². The number of benzene rings is 2.